The van der Waals surface area contributed by atoms with Gasteiger partial charge in [-0.3, -0.25) is 0 Å². The summed E-state index contributed by atoms with van der Waals surface area (Å²) in [4.78, 5) is 0. The molecule has 0 saturated heterocycles. The Bertz CT molecular complexity index is 598. The van der Waals surface area contributed by atoms with Crippen LogP contribution in [0, 0.1) is 11.8 Å². The molecule has 0 amide bonds. The van der Waals surface area contributed by atoms with E-state index < -0.39 is 0 Å². The minimum Gasteiger partial charge on any atom is -0.242 e. The molecule has 0 unspecified atom stereocenters. The summed E-state index contributed by atoms with van der Waals surface area (Å²) in [6.07, 6.45) is 1.20. The predicted molar refractivity (Wildman–Crippen MR) is 70.4 cm³/mol. The Morgan fingerprint density at radius 3 is 2.42 bits per heavy atom. The van der Waals surface area contributed by atoms with Crippen molar-refractivity contribution in [1.82, 2.24) is 0 Å². The Kier molecular flexibility index (Phi) is 1.81. The topological polar surface area (TPSA) is 52.7 Å². The normalized spacial score (nSPS) is 44.4. The van der Waals surface area contributed by atoms with E-state index in [1.807, 2.05) is 24.3 Å². The molecule has 2 aliphatic carbocycles. The number of anilines is 1. The highest BCUT2D eigenvalue weighted by atomic mass is 35.5. The number of halogens is 1. The second kappa shape index (κ2) is 3.33. The fourth-order valence-corrected chi connectivity index (χ4v) is 4.28. The average molecular weight is 274 g/mol. The minimum atomic E-state index is 0.307. The molecule has 2 saturated carbocycles. The molecule has 0 radical (unpaired) electrons. The van der Waals surface area contributed by atoms with Crippen LogP contribution in [0.2, 0.25) is 5.02 Å². The molecule has 0 spiro atoms. The Morgan fingerprint density at radius 2 is 1.68 bits per heavy atom. The first-order chi connectivity index (χ1) is 9.33. The lowest BCUT2D eigenvalue weighted by molar-refractivity contribution is 0.242. The van der Waals surface area contributed by atoms with Gasteiger partial charge < -0.3 is 0 Å². The predicted octanol–water partition coefficient (Wildman–Crippen LogP) is 3.12. The highest BCUT2D eigenvalue weighted by molar-refractivity contribution is 6.30. The third-order valence-corrected chi connectivity index (χ3v) is 5.24. The molecule has 0 aromatic heterocycles. The SMILES string of the molecule is Clc1ccc(N2N=N[C@@H]3[C@@H]4C[C@@H]([C@H]5N=N[C@@H]45)[C@@H]32)cc1. The van der Waals surface area contributed by atoms with E-state index in [1.165, 1.54) is 6.42 Å². The van der Waals surface area contributed by atoms with Gasteiger partial charge in [-0.25, -0.2) is 5.01 Å². The summed E-state index contributed by atoms with van der Waals surface area (Å²) in [5.74, 6) is 1.11. The molecule has 19 heavy (non-hydrogen) atoms. The lowest BCUT2D eigenvalue weighted by atomic mass is 9.82. The van der Waals surface area contributed by atoms with Gasteiger partial charge in [-0.2, -0.15) is 15.3 Å². The van der Waals surface area contributed by atoms with Gasteiger partial charge in [0.05, 0.1) is 11.7 Å². The van der Waals surface area contributed by atoms with Crippen molar-refractivity contribution in [3.8, 4) is 0 Å². The molecule has 4 aliphatic rings. The number of hydrogen-bond acceptors (Lipinski definition) is 5. The van der Waals surface area contributed by atoms with Crippen molar-refractivity contribution in [2.24, 2.45) is 32.4 Å². The van der Waals surface area contributed by atoms with Gasteiger partial charge in [0.1, 0.15) is 18.1 Å². The van der Waals surface area contributed by atoms with Crippen molar-refractivity contribution in [3.63, 3.8) is 0 Å². The Hall–Kier alpha value is -1.49. The molecule has 2 aliphatic heterocycles. The van der Waals surface area contributed by atoms with Crippen LogP contribution in [-0.4, -0.2) is 24.2 Å². The van der Waals surface area contributed by atoms with Crippen LogP contribution in [0.3, 0.4) is 0 Å². The van der Waals surface area contributed by atoms with Crippen molar-refractivity contribution in [3.05, 3.63) is 29.3 Å². The van der Waals surface area contributed by atoms with E-state index >= 15 is 0 Å². The molecule has 1 aromatic carbocycles. The van der Waals surface area contributed by atoms with Crippen LogP contribution in [0.4, 0.5) is 5.69 Å². The van der Waals surface area contributed by atoms with Crippen LogP contribution in [0.25, 0.3) is 0 Å². The summed E-state index contributed by atoms with van der Waals surface area (Å²) < 4.78 is 0. The average Bonchev–Trinajstić information content (AvgIpc) is 2.98. The standard InChI is InChI=1S/C13H12ClN5/c14-6-1-3-7(4-2-6)19-13-9-5-8(12(13)17-18-19)10-11(9)16-15-10/h1-4,8-13H,5H2/t8-,9+,10+,11-,12-,13+/m1/s1. The van der Waals surface area contributed by atoms with Crippen LogP contribution >= 0.6 is 11.6 Å². The maximum atomic E-state index is 5.94. The third kappa shape index (κ3) is 1.17. The number of rotatable bonds is 1. The van der Waals surface area contributed by atoms with E-state index in [-0.39, 0.29) is 0 Å². The van der Waals surface area contributed by atoms with E-state index in [0.717, 1.165) is 10.7 Å². The van der Waals surface area contributed by atoms with Crippen LogP contribution in [-0.2, 0) is 0 Å². The zero-order chi connectivity index (χ0) is 12.6. The fourth-order valence-electron chi connectivity index (χ4n) is 4.15. The van der Waals surface area contributed by atoms with Crippen LogP contribution in [0.5, 0.6) is 0 Å². The van der Waals surface area contributed by atoms with Gasteiger partial charge in [0.2, 0.25) is 0 Å². The van der Waals surface area contributed by atoms with Crippen molar-refractivity contribution in [1.29, 1.82) is 0 Å². The van der Waals surface area contributed by atoms with Gasteiger partial charge in [0, 0.05) is 16.9 Å². The number of fused-ring (bicyclic) bond motifs is 8. The smallest absolute Gasteiger partial charge is 0.101 e. The fraction of sp³-hybridized carbons (Fsp3) is 0.538. The second-order valence-electron chi connectivity index (χ2n) is 5.78. The van der Waals surface area contributed by atoms with Crippen molar-refractivity contribution in [2.75, 3.05) is 5.01 Å². The summed E-state index contributed by atoms with van der Waals surface area (Å²) in [7, 11) is 0. The lowest BCUT2D eigenvalue weighted by Crippen LogP contribution is -2.52. The van der Waals surface area contributed by atoms with Gasteiger partial charge in [-0.05, 0) is 30.7 Å². The molecule has 2 heterocycles. The molecule has 2 fully saturated rings. The first-order valence-corrected chi connectivity index (χ1v) is 7.06. The zero-order valence-electron chi connectivity index (χ0n) is 10.1. The zero-order valence-corrected chi connectivity index (χ0v) is 10.9. The van der Waals surface area contributed by atoms with E-state index in [9.17, 15) is 0 Å². The van der Waals surface area contributed by atoms with Crippen molar-refractivity contribution < 1.29 is 0 Å². The lowest BCUT2D eigenvalue weighted by Gasteiger charge is -2.38. The van der Waals surface area contributed by atoms with Crippen LogP contribution in [0.1, 0.15) is 6.42 Å². The van der Waals surface area contributed by atoms with Gasteiger partial charge in [-0.15, -0.1) is 0 Å². The monoisotopic (exact) mass is 273 g/mol. The largest absolute Gasteiger partial charge is 0.242 e. The molecule has 2 bridgehead atoms. The van der Waals surface area contributed by atoms with E-state index in [4.69, 9.17) is 11.6 Å². The van der Waals surface area contributed by atoms with Gasteiger partial charge in [-0.1, -0.05) is 16.8 Å². The maximum Gasteiger partial charge on any atom is 0.101 e. The molecule has 6 atom stereocenters. The van der Waals surface area contributed by atoms with Crippen molar-refractivity contribution in [2.45, 2.75) is 30.6 Å². The second-order valence-corrected chi connectivity index (χ2v) is 6.22. The van der Waals surface area contributed by atoms with Gasteiger partial charge >= 0.3 is 0 Å². The molecule has 5 rings (SSSR count). The minimum absolute atomic E-state index is 0.307. The van der Waals surface area contributed by atoms with E-state index in [2.05, 4.69) is 25.6 Å². The number of azo groups is 1. The Morgan fingerprint density at radius 1 is 0.947 bits per heavy atom. The molecule has 5 nitrogen and oxygen atoms in total. The molecular formula is C13H12ClN5. The number of benzene rings is 1. The van der Waals surface area contributed by atoms with Crippen molar-refractivity contribution >= 4 is 17.3 Å². The Labute approximate surface area is 115 Å². The van der Waals surface area contributed by atoms with E-state index in [1.54, 1.807) is 0 Å². The highest BCUT2D eigenvalue weighted by Gasteiger charge is 2.65. The Balaban J connectivity index is 1.52. The molecule has 96 valence electrons. The first-order valence-electron chi connectivity index (χ1n) is 6.68. The molecular weight excluding hydrogens is 262 g/mol. The van der Waals surface area contributed by atoms with Crippen LogP contribution < -0.4 is 5.01 Å². The molecule has 1 aromatic rings. The number of nitrogens with zero attached hydrogens (tertiary/aromatic N) is 5. The maximum absolute atomic E-state index is 5.94. The highest BCUT2D eigenvalue weighted by Crippen LogP contribution is 2.56. The summed E-state index contributed by atoms with van der Waals surface area (Å²) in [5, 5.41) is 20.3. The number of hydrogen-bond donors (Lipinski definition) is 0. The summed E-state index contributed by atoms with van der Waals surface area (Å²) in [6.45, 7) is 0. The molecule has 0 N–H and O–H groups in total. The van der Waals surface area contributed by atoms with Gasteiger partial charge in [0.25, 0.3) is 0 Å². The summed E-state index contributed by atoms with van der Waals surface area (Å²) in [6, 6.07) is 9.34. The third-order valence-electron chi connectivity index (χ3n) is 4.99. The summed E-state index contributed by atoms with van der Waals surface area (Å²) >= 11 is 5.94. The molecule has 6 heteroatoms. The van der Waals surface area contributed by atoms with Crippen LogP contribution in [0.15, 0.2) is 44.8 Å². The summed E-state index contributed by atoms with van der Waals surface area (Å²) in [5.41, 5.74) is 1.07. The van der Waals surface area contributed by atoms with E-state index in [0.29, 0.717) is 36.0 Å². The first kappa shape index (κ1) is 10.3. The quantitative estimate of drug-likeness (QED) is 0.775. The van der Waals surface area contributed by atoms with Gasteiger partial charge in [0.15, 0.2) is 0 Å².